The van der Waals surface area contributed by atoms with Gasteiger partial charge in [-0.2, -0.15) is 5.26 Å². The van der Waals surface area contributed by atoms with E-state index in [4.69, 9.17) is 4.74 Å². The molecule has 1 aliphatic rings. The summed E-state index contributed by atoms with van der Waals surface area (Å²) in [6.07, 6.45) is 0. The molecule has 1 saturated heterocycles. The minimum absolute atomic E-state index is 0.202. The summed E-state index contributed by atoms with van der Waals surface area (Å²) < 4.78 is 5.74. The van der Waals surface area contributed by atoms with Crippen molar-refractivity contribution in [3.05, 3.63) is 108 Å². The van der Waals surface area contributed by atoms with Crippen LogP contribution < -0.4 is 10.1 Å². The van der Waals surface area contributed by atoms with E-state index in [9.17, 15) is 14.9 Å². The number of piperazine rings is 1. The quantitative estimate of drug-likeness (QED) is 0.312. The lowest BCUT2D eigenvalue weighted by atomic mass is 9.68. The van der Waals surface area contributed by atoms with Gasteiger partial charge in [0.25, 0.3) is 0 Å². The number of ether oxygens (including phenoxy) is 1. The van der Waals surface area contributed by atoms with E-state index in [0.717, 1.165) is 33.2 Å². The van der Waals surface area contributed by atoms with E-state index >= 15 is 0 Å². The standard InChI is InChI=1S/C34H34N4O3/c1-24-15-17-26(18-16-24)36-33(40)38-21-19-37(20-22-38)32(39)34(2,23-35)31(29-12-6-7-14-30(29)41-3)28-13-8-10-25-9-4-5-11-27(25)28/h4-18,31H,19-22H2,1-3H3,(H,36,40). The summed E-state index contributed by atoms with van der Waals surface area (Å²) >= 11 is 0. The summed E-state index contributed by atoms with van der Waals surface area (Å²) in [4.78, 5) is 30.6. The van der Waals surface area contributed by atoms with Crippen molar-refractivity contribution in [2.24, 2.45) is 5.41 Å². The second-order valence-electron chi connectivity index (χ2n) is 10.6. The maximum atomic E-state index is 14.3. The number of rotatable bonds is 6. The van der Waals surface area contributed by atoms with Crippen molar-refractivity contribution in [3.8, 4) is 11.8 Å². The highest BCUT2D eigenvalue weighted by Crippen LogP contribution is 2.47. The molecule has 0 aromatic heterocycles. The first-order chi connectivity index (χ1) is 19.9. The van der Waals surface area contributed by atoms with Crippen LogP contribution in [0.25, 0.3) is 10.8 Å². The Morgan fingerprint density at radius 2 is 1.46 bits per heavy atom. The molecule has 1 aliphatic heterocycles. The van der Waals surface area contributed by atoms with Gasteiger partial charge >= 0.3 is 6.03 Å². The van der Waals surface area contributed by atoms with Gasteiger partial charge in [0.1, 0.15) is 11.2 Å². The van der Waals surface area contributed by atoms with Crippen molar-refractivity contribution in [1.82, 2.24) is 9.80 Å². The third-order valence-corrected chi connectivity index (χ3v) is 8.00. The van der Waals surface area contributed by atoms with Crippen molar-refractivity contribution in [2.45, 2.75) is 19.8 Å². The summed E-state index contributed by atoms with van der Waals surface area (Å²) in [6.45, 7) is 5.15. The number of hydrogen-bond donors (Lipinski definition) is 1. The summed E-state index contributed by atoms with van der Waals surface area (Å²) in [7, 11) is 1.60. The number of carbonyl (C=O) groups excluding carboxylic acids is 2. The second-order valence-corrected chi connectivity index (χ2v) is 10.6. The van der Waals surface area contributed by atoms with Crippen molar-refractivity contribution in [2.75, 3.05) is 38.6 Å². The van der Waals surface area contributed by atoms with E-state index in [1.165, 1.54) is 0 Å². The highest BCUT2D eigenvalue weighted by Gasteiger charge is 2.47. The number of methoxy groups -OCH3 is 1. The van der Waals surface area contributed by atoms with E-state index in [2.05, 4.69) is 11.4 Å². The lowest BCUT2D eigenvalue weighted by Gasteiger charge is -2.40. The summed E-state index contributed by atoms with van der Waals surface area (Å²) in [6, 6.07) is 31.4. The van der Waals surface area contributed by atoms with Gasteiger partial charge in [0.15, 0.2) is 0 Å². The zero-order chi connectivity index (χ0) is 29.0. The molecule has 2 atom stereocenters. The normalized spacial score (nSPS) is 15.5. The first-order valence-corrected chi connectivity index (χ1v) is 13.8. The lowest BCUT2D eigenvalue weighted by Crippen LogP contribution is -2.55. The van der Waals surface area contributed by atoms with Crippen molar-refractivity contribution in [3.63, 3.8) is 0 Å². The van der Waals surface area contributed by atoms with Crippen LogP contribution in [0.2, 0.25) is 0 Å². The van der Waals surface area contributed by atoms with Gasteiger partial charge in [0.2, 0.25) is 5.91 Å². The van der Waals surface area contributed by atoms with Gasteiger partial charge in [0.05, 0.1) is 13.2 Å². The number of amides is 3. The van der Waals surface area contributed by atoms with Crippen LogP contribution in [-0.4, -0.2) is 55.0 Å². The molecule has 1 N–H and O–H groups in total. The highest BCUT2D eigenvalue weighted by atomic mass is 16.5. The molecule has 0 bridgehead atoms. The smallest absolute Gasteiger partial charge is 0.321 e. The Hall–Kier alpha value is -4.83. The molecule has 0 radical (unpaired) electrons. The number of nitrogens with one attached hydrogen (secondary N) is 1. The number of hydrogen-bond acceptors (Lipinski definition) is 4. The van der Waals surface area contributed by atoms with Crippen LogP contribution in [0.15, 0.2) is 91.0 Å². The van der Waals surface area contributed by atoms with Gasteiger partial charge in [0, 0.05) is 43.3 Å². The molecule has 5 rings (SSSR count). The lowest BCUT2D eigenvalue weighted by molar-refractivity contribution is -0.140. The molecule has 2 unspecified atom stereocenters. The maximum absolute atomic E-state index is 14.3. The summed E-state index contributed by atoms with van der Waals surface area (Å²) in [5.41, 5.74) is 2.07. The van der Waals surface area contributed by atoms with Gasteiger partial charge in [-0.15, -0.1) is 0 Å². The van der Waals surface area contributed by atoms with Crippen molar-refractivity contribution >= 4 is 28.4 Å². The monoisotopic (exact) mass is 546 g/mol. The fraction of sp³-hybridized carbons (Fsp3) is 0.265. The average Bonchev–Trinajstić information content (AvgIpc) is 3.02. The Morgan fingerprint density at radius 3 is 2.17 bits per heavy atom. The van der Waals surface area contributed by atoms with E-state index in [-0.39, 0.29) is 11.9 Å². The largest absolute Gasteiger partial charge is 0.496 e. The van der Waals surface area contributed by atoms with Crippen LogP contribution in [-0.2, 0) is 4.79 Å². The number of carbonyl (C=O) groups is 2. The van der Waals surface area contributed by atoms with Crippen LogP contribution in [0, 0.1) is 23.7 Å². The van der Waals surface area contributed by atoms with Gasteiger partial charge in [-0.25, -0.2) is 4.79 Å². The topological polar surface area (TPSA) is 85.7 Å². The molecule has 0 saturated carbocycles. The molecule has 4 aromatic rings. The number of para-hydroxylation sites is 1. The van der Waals surface area contributed by atoms with Crippen molar-refractivity contribution in [1.29, 1.82) is 5.26 Å². The van der Waals surface area contributed by atoms with Crippen LogP contribution in [0.4, 0.5) is 10.5 Å². The number of benzene rings is 4. The third-order valence-electron chi connectivity index (χ3n) is 8.00. The summed E-state index contributed by atoms with van der Waals surface area (Å²) in [5, 5.41) is 15.7. The summed E-state index contributed by atoms with van der Waals surface area (Å²) in [5.74, 6) is -0.232. The van der Waals surface area contributed by atoms with E-state index in [1.54, 1.807) is 23.8 Å². The van der Waals surface area contributed by atoms with Crippen LogP contribution >= 0.6 is 0 Å². The maximum Gasteiger partial charge on any atom is 0.321 e. The first-order valence-electron chi connectivity index (χ1n) is 13.8. The molecule has 4 aromatic carbocycles. The molecule has 41 heavy (non-hydrogen) atoms. The van der Waals surface area contributed by atoms with Gasteiger partial charge in [-0.05, 0) is 48.4 Å². The van der Waals surface area contributed by atoms with Gasteiger partial charge in [-0.1, -0.05) is 78.4 Å². The molecule has 208 valence electrons. The Bertz CT molecular complexity index is 1600. The first kappa shape index (κ1) is 27.7. The molecule has 7 nitrogen and oxygen atoms in total. The molecule has 0 aliphatic carbocycles. The number of anilines is 1. The number of nitrogens with zero attached hydrogens (tertiary/aromatic N) is 3. The van der Waals surface area contributed by atoms with Gasteiger partial charge < -0.3 is 19.9 Å². The van der Waals surface area contributed by atoms with E-state index in [1.807, 2.05) is 97.9 Å². The molecular weight excluding hydrogens is 512 g/mol. The number of fused-ring (bicyclic) bond motifs is 1. The zero-order valence-electron chi connectivity index (χ0n) is 23.6. The minimum Gasteiger partial charge on any atom is -0.496 e. The van der Waals surface area contributed by atoms with E-state index < -0.39 is 11.3 Å². The highest BCUT2D eigenvalue weighted by molar-refractivity contribution is 5.92. The molecule has 1 fully saturated rings. The second kappa shape index (κ2) is 11.7. The number of aryl methyl sites for hydroxylation is 1. The predicted molar refractivity (Wildman–Crippen MR) is 161 cm³/mol. The Balaban J connectivity index is 1.44. The van der Waals surface area contributed by atoms with Crippen LogP contribution in [0.3, 0.4) is 0 Å². The fourth-order valence-corrected chi connectivity index (χ4v) is 5.71. The Labute approximate surface area is 240 Å². The van der Waals surface area contributed by atoms with Crippen molar-refractivity contribution < 1.29 is 14.3 Å². The molecule has 0 spiro atoms. The fourth-order valence-electron chi connectivity index (χ4n) is 5.71. The number of nitriles is 1. The molecule has 3 amide bonds. The predicted octanol–water partition coefficient (Wildman–Crippen LogP) is 6.19. The Kier molecular flexibility index (Phi) is 7.93. The number of urea groups is 1. The minimum atomic E-state index is -1.44. The van der Waals surface area contributed by atoms with Gasteiger partial charge in [-0.3, -0.25) is 4.79 Å². The molecule has 1 heterocycles. The SMILES string of the molecule is COc1ccccc1C(c1cccc2ccccc12)C(C)(C#N)C(=O)N1CCN(C(=O)Nc2ccc(C)cc2)CC1. The van der Waals surface area contributed by atoms with E-state index in [0.29, 0.717) is 31.9 Å². The van der Waals surface area contributed by atoms with Crippen LogP contribution in [0.5, 0.6) is 5.75 Å². The zero-order valence-corrected chi connectivity index (χ0v) is 23.6. The average molecular weight is 547 g/mol. The molecular formula is C34H34N4O3. The molecule has 7 heteroatoms. The Morgan fingerprint density at radius 1 is 0.854 bits per heavy atom. The third kappa shape index (κ3) is 5.46. The van der Waals surface area contributed by atoms with Crippen LogP contribution in [0.1, 0.15) is 29.5 Å².